The molecule has 3 rings (SSSR count). The first-order valence-electron chi connectivity index (χ1n) is 14.4. The molecule has 2 aromatic rings. The minimum atomic E-state index is -0.325. The molecule has 3 amide bonds. The summed E-state index contributed by atoms with van der Waals surface area (Å²) in [6.07, 6.45) is 6.38. The molecule has 0 unspecified atom stereocenters. The number of benzene rings is 1. The van der Waals surface area contributed by atoms with Crippen molar-refractivity contribution in [3.63, 3.8) is 0 Å². The maximum Gasteiger partial charge on any atom is 0.255 e. The number of ether oxygens (including phenoxy) is 1. The molecular weight excluding hydrogens is 526 g/mol. The van der Waals surface area contributed by atoms with Gasteiger partial charge in [-0.15, -0.1) is 0 Å². The van der Waals surface area contributed by atoms with Crippen molar-refractivity contribution in [1.29, 1.82) is 0 Å². The number of aliphatic hydroxyl groups excluding tert-OH is 2. The van der Waals surface area contributed by atoms with Gasteiger partial charge in [-0.05, 0) is 44.9 Å². The average Bonchev–Trinajstić information content (AvgIpc) is 2.99. The van der Waals surface area contributed by atoms with Crippen LogP contribution in [-0.4, -0.2) is 113 Å². The Balaban J connectivity index is 2.02. The van der Waals surface area contributed by atoms with Crippen molar-refractivity contribution in [2.45, 2.75) is 39.5 Å². The summed E-state index contributed by atoms with van der Waals surface area (Å²) in [4.78, 5) is 50.9. The molecule has 0 radical (unpaired) electrons. The van der Waals surface area contributed by atoms with E-state index in [1.165, 1.54) is 11.1 Å². The first-order chi connectivity index (χ1) is 19.9. The summed E-state index contributed by atoms with van der Waals surface area (Å²) < 4.78 is 6.16. The predicted octanol–water partition coefficient (Wildman–Crippen LogP) is 2.30. The molecule has 1 aromatic carbocycles. The van der Waals surface area contributed by atoms with Gasteiger partial charge in [-0.1, -0.05) is 25.0 Å². The topological polar surface area (TPSA) is 127 Å². The van der Waals surface area contributed by atoms with E-state index in [1.54, 1.807) is 27.0 Å². The van der Waals surface area contributed by atoms with Gasteiger partial charge in [-0.2, -0.15) is 0 Å². The molecule has 0 atom stereocenters. The number of aliphatic hydroxyl groups is 2. The van der Waals surface area contributed by atoms with E-state index in [0.29, 0.717) is 48.9 Å². The second kappa shape index (κ2) is 16.5. The van der Waals surface area contributed by atoms with Gasteiger partial charge >= 0.3 is 0 Å². The molecule has 2 heterocycles. The summed E-state index contributed by atoms with van der Waals surface area (Å²) in [6.45, 7) is 5.45. The van der Waals surface area contributed by atoms with Crippen LogP contribution in [0.1, 0.15) is 49.9 Å². The molecule has 1 aromatic heterocycles. The number of rotatable bonds is 10. The van der Waals surface area contributed by atoms with E-state index in [1.807, 2.05) is 38.1 Å². The summed E-state index contributed by atoms with van der Waals surface area (Å²) >= 11 is 0. The third-order valence-electron chi connectivity index (χ3n) is 7.13. The Labute approximate surface area is 242 Å². The van der Waals surface area contributed by atoms with Crippen LogP contribution in [0.25, 0.3) is 0 Å². The van der Waals surface area contributed by atoms with Gasteiger partial charge in [0.1, 0.15) is 18.8 Å². The van der Waals surface area contributed by atoms with Gasteiger partial charge in [-0.25, -0.2) is 0 Å². The number of pyridine rings is 1. The molecular formula is C30H43N5O6. The lowest BCUT2D eigenvalue weighted by atomic mass is 10.1. The molecule has 0 aliphatic carbocycles. The molecule has 2 bridgehead atoms. The largest absolute Gasteiger partial charge is 0.491 e. The van der Waals surface area contributed by atoms with Crippen molar-refractivity contribution in [3.05, 3.63) is 48.3 Å². The number of hydrogen-bond donors (Lipinski definition) is 2. The van der Waals surface area contributed by atoms with E-state index in [9.17, 15) is 24.6 Å². The number of aromatic nitrogens is 1. The summed E-state index contributed by atoms with van der Waals surface area (Å²) in [6, 6.07) is 9.15. The highest BCUT2D eigenvalue weighted by Gasteiger charge is 2.25. The van der Waals surface area contributed by atoms with Crippen LogP contribution in [0.15, 0.2) is 42.7 Å². The van der Waals surface area contributed by atoms with Gasteiger partial charge in [0.2, 0.25) is 11.8 Å². The number of carbonyl (C=O) groups excluding carboxylic acids is 3. The first-order valence-corrected chi connectivity index (χ1v) is 14.4. The maximum atomic E-state index is 13.8. The highest BCUT2D eigenvalue weighted by Crippen LogP contribution is 2.34. The number of amides is 3. The number of likely N-dealkylation sites (N-methyl/N-ethyl adjacent to an activating group) is 2. The zero-order valence-electron chi connectivity index (χ0n) is 24.2. The van der Waals surface area contributed by atoms with E-state index >= 15 is 0 Å². The number of nitrogens with zero attached hydrogens (tertiary/aromatic N) is 5. The van der Waals surface area contributed by atoms with E-state index in [4.69, 9.17) is 4.74 Å². The van der Waals surface area contributed by atoms with Crippen molar-refractivity contribution in [3.8, 4) is 5.75 Å². The lowest BCUT2D eigenvalue weighted by Crippen LogP contribution is -2.44. The number of fused-ring (bicyclic) bond motifs is 3. The van der Waals surface area contributed by atoms with Gasteiger partial charge in [0.05, 0.1) is 43.0 Å². The summed E-state index contributed by atoms with van der Waals surface area (Å²) in [5, 5.41) is 18.8. The van der Waals surface area contributed by atoms with Crippen molar-refractivity contribution < 1.29 is 29.3 Å². The molecule has 2 N–H and O–H groups in total. The molecule has 1 aliphatic rings. The molecule has 0 saturated heterocycles. The SMILES string of the molecule is CCN(CCO)C(=O)CN1CCCCCCOc2ccccc2N(CC(=O)N(CC)CCO)c2cncc(c2)C1=O. The molecule has 11 heteroatoms. The van der Waals surface area contributed by atoms with Crippen LogP contribution in [0, 0.1) is 0 Å². The fraction of sp³-hybridized carbons (Fsp3) is 0.533. The highest BCUT2D eigenvalue weighted by molar-refractivity contribution is 5.97. The molecule has 0 saturated carbocycles. The van der Waals surface area contributed by atoms with Crippen molar-refractivity contribution in [2.24, 2.45) is 0 Å². The quantitative estimate of drug-likeness (QED) is 0.446. The predicted molar refractivity (Wildman–Crippen MR) is 156 cm³/mol. The van der Waals surface area contributed by atoms with Gasteiger partial charge in [0.25, 0.3) is 5.91 Å². The molecule has 224 valence electrons. The molecule has 0 fully saturated rings. The first kappa shape index (κ1) is 31.8. The van der Waals surface area contributed by atoms with Crippen LogP contribution in [0.3, 0.4) is 0 Å². The fourth-order valence-corrected chi connectivity index (χ4v) is 4.84. The normalized spacial score (nSPS) is 14.4. The van der Waals surface area contributed by atoms with Crippen LogP contribution in [-0.2, 0) is 9.59 Å². The molecule has 41 heavy (non-hydrogen) atoms. The van der Waals surface area contributed by atoms with Gasteiger partial charge < -0.3 is 34.5 Å². The van der Waals surface area contributed by atoms with E-state index in [0.717, 1.165) is 25.7 Å². The number of carbonyl (C=O) groups is 3. The lowest BCUT2D eigenvalue weighted by molar-refractivity contribution is -0.132. The number of para-hydroxylation sites is 2. The van der Waals surface area contributed by atoms with Crippen LogP contribution in [0.4, 0.5) is 11.4 Å². The second-order valence-corrected chi connectivity index (χ2v) is 9.87. The van der Waals surface area contributed by atoms with E-state index in [2.05, 4.69) is 4.98 Å². The zero-order chi connectivity index (χ0) is 29.6. The minimum absolute atomic E-state index is 0.0532. The zero-order valence-corrected chi connectivity index (χ0v) is 24.2. The van der Waals surface area contributed by atoms with Crippen molar-refractivity contribution >= 4 is 29.1 Å². The van der Waals surface area contributed by atoms with E-state index < -0.39 is 0 Å². The molecule has 11 nitrogen and oxygen atoms in total. The van der Waals surface area contributed by atoms with Gasteiger partial charge in [-0.3, -0.25) is 19.4 Å². The highest BCUT2D eigenvalue weighted by atomic mass is 16.5. The Hall–Kier alpha value is -3.70. The van der Waals surface area contributed by atoms with Crippen molar-refractivity contribution in [1.82, 2.24) is 19.7 Å². The minimum Gasteiger partial charge on any atom is -0.491 e. The van der Waals surface area contributed by atoms with Crippen LogP contribution in [0.2, 0.25) is 0 Å². The van der Waals surface area contributed by atoms with Crippen molar-refractivity contribution in [2.75, 3.05) is 70.5 Å². The maximum absolute atomic E-state index is 13.8. The Bertz CT molecular complexity index is 1150. The smallest absolute Gasteiger partial charge is 0.255 e. The van der Waals surface area contributed by atoms with Crippen LogP contribution >= 0.6 is 0 Å². The molecule has 1 aliphatic heterocycles. The Morgan fingerprint density at radius 2 is 1.59 bits per heavy atom. The van der Waals surface area contributed by atoms with Gasteiger partial charge in [0, 0.05) is 38.9 Å². The van der Waals surface area contributed by atoms with E-state index in [-0.39, 0.29) is 57.1 Å². The summed E-state index contributed by atoms with van der Waals surface area (Å²) in [5.41, 5.74) is 1.49. The number of anilines is 2. The Morgan fingerprint density at radius 1 is 0.927 bits per heavy atom. The Kier molecular flexibility index (Phi) is 12.8. The molecule has 0 spiro atoms. The fourth-order valence-electron chi connectivity index (χ4n) is 4.84. The number of hydrogen-bond acceptors (Lipinski definition) is 8. The third kappa shape index (κ3) is 8.89. The van der Waals surface area contributed by atoms with Gasteiger partial charge in [0.15, 0.2) is 0 Å². The third-order valence-corrected chi connectivity index (χ3v) is 7.13. The Morgan fingerprint density at radius 3 is 2.27 bits per heavy atom. The summed E-state index contributed by atoms with van der Waals surface area (Å²) in [7, 11) is 0. The van der Waals surface area contributed by atoms with Crippen LogP contribution in [0.5, 0.6) is 5.75 Å². The van der Waals surface area contributed by atoms with Crippen LogP contribution < -0.4 is 9.64 Å². The monoisotopic (exact) mass is 569 g/mol. The second-order valence-electron chi connectivity index (χ2n) is 9.87. The average molecular weight is 570 g/mol. The standard InChI is InChI=1S/C30H43N5O6/c1-3-32(14-16-36)28(38)22-34-13-9-5-6-10-18-41-27-12-8-7-11-26(27)35(23-29(39)33(4-2)15-17-37)25-19-24(30(34)40)20-31-21-25/h7-8,11-12,19-21,36-37H,3-6,9-10,13-18,22-23H2,1-2H3. The summed E-state index contributed by atoms with van der Waals surface area (Å²) in [5.74, 6) is -0.126. The lowest BCUT2D eigenvalue weighted by Gasteiger charge is -2.30.